The smallest absolute Gasteiger partial charge is 0.161 e. The highest BCUT2D eigenvalue weighted by Gasteiger charge is 2.24. The lowest BCUT2D eigenvalue weighted by Gasteiger charge is -2.33. The molecule has 2 aromatic carbocycles. The van der Waals surface area contributed by atoms with Gasteiger partial charge in [0.25, 0.3) is 0 Å². The summed E-state index contributed by atoms with van der Waals surface area (Å²) in [5.74, 6) is 1.56. The Balaban J connectivity index is 1.85. The monoisotopic (exact) mass is 310 g/mol. The molecule has 0 unspecified atom stereocenters. The molecule has 0 aromatic heterocycles. The summed E-state index contributed by atoms with van der Waals surface area (Å²) in [5.41, 5.74) is 3.67. The molecule has 0 spiro atoms. The molecule has 3 rings (SSSR count). The highest BCUT2D eigenvalue weighted by atomic mass is 16.5. The first kappa shape index (κ1) is 15.4. The highest BCUT2D eigenvalue weighted by molar-refractivity contribution is 5.79. The molecule has 0 radical (unpaired) electrons. The molecular formula is C19H22N2O2. The van der Waals surface area contributed by atoms with Crippen molar-refractivity contribution in [1.29, 1.82) is 0 Å². The van der Waals surface area contributed by atoms with Gasteiger partial charge in [-0.05, 0) is 42.2 Å². The largest absolute Gasteiger partial charge is 0.493 e. The lowest BCUT2D eigenvalue weighted by molar-refractivity contribution is 0.208. The second kappa shape index (κ2) is 6.73. The van der Waals surface area contributed by atoms with Crippen LogP contribution in [-0.4, -0.2) is 32.0 Å². The molecule has 4 heteroatoms. The predicted octanol–water partition coefficient (Wildman–Crippen LogP) is 3.66. The van der Waals surface area contributed by atoms with Crippen LogP contribution < -0.4 is 9.47 Å². The van der Waals surface area contributed by atoms with Crippen LogP contribution in [0.5, 0.6) is 11.5 Å². The van der Waals surface area contributed by atoms with Crippen LogP contribution in [0.2, 0.25) is 0 Å². The molecule has 0 fully saturated rings. The molecule has 4 nitrogen and oxygen atoms in total. The number of hydrogen-bond acceptors (Lipinski definition) is 4. The van der Waals surface area contributed by atoms with Gasteiger partial charge in [-0.25, -0.2) is 0 Å². The summed E-state index contributed by atoms with van der Waals surface area (Å²) in [6.07, 6.45) is 2.87. The molecule has 120 valence electrons. The Kier molecular flexibility index (Phi) is 4.51. The Morgan fingerprint density at radius 2 is 1.78 bits per heavy atom. The van der Waals surface area contributed by atoms with Crippen molar-refractivity contribution in [2.24, 2.45) is 5.10 Å². The van der Waals surface area contributed by atoms with E-state index in [0.29, 0.717) is 0 Å². The van der Waals surface area contributed by atoms with E-state index < -0.39 is 0 Å². The maximum Gasteiger partial charge on any atom is 0.161 e. The first-order valence-corrected chi connectivity index (χ1v) is 7.83. The first-order chi connectivity index (χ1) is 11.2. The molecular weight excluding hydrogens is 288 g/mol. The minimum Gasteiger partial charge on any atom is -0.493 e. The minimum absolute atomic E-state index is 0.207. The second-order valence-corrected chi connectivity index (χ2v) is 5.65. The third-order valence-corrected chi connectivity index (χ3v) is 4.31. The Labute approximate surface area is 137 Å². The van der Waals surface area contributed by atoms with Crippen LogP contribution in [-0.2, 0) is 6.42 Å². The molecule has 2 aromatic rings. The van der Waals surface area contributed by atoms with Gasteiger partial charge in [0.05, 0.1) is 26.5 Å². The molecule has 1 aliphatic rings. The maximum atomic E-state index is 5.43. The summed E-state index contributed by atoms with van der Waals surface area (Å²) in [7, 11) is 3.34. The molecule has 0 aliphatic carbocycles. The van der Waals surface area contributed by atoms with Crippen molar-refractivity contribution in [2.45, 2.75) is 19.4 Å². The van der Waals surface area contributed by atoms with Gasteiger partial charge >= 0.3 is 0 Å². The fourth-order valence-electron chi connectivity index (χ4n) is 2.97. The average Bonchev–Trinajstić information content (AvgIpc) is 2.61. The van der Waals surface area contributed by atoms with Crippen molar-refractivity contribution in [1.82, 2.24) is 5.01 Å². The summed E-state index contributed by atoms with van der Waals surface area (Å²) in [6, 6.07) is 14.5. The Morgan fingerprint density at radius 1 is 1.09 bits per heavy atom. The van der Waals surface area contributed by atoms with Crippen LogP contribution in [0.15, 0.2) is 47.6 Å². The van der Waals surface area contributed by atoms with Gasteiger partial charge in [-0.15, -0.1) is 0 Å². The predicted molar refractivity (Wildman–Crippen MR) is 92.4 cm³/mol. The van der Waals surface area contributed by atoms with Crippen LogP contribution in [0.3, 0.4) is 0 Å². The van der Waals surface area contributed by atoms with E-state index in [2.05, 4.69) is 41.3 Å². The molecule has 0 bridgehead atoms. The van der Waals surface area contributed by atoms with Crippen LogP contribution >= 0.6 is 0 Å². The van der Waals surface area contributed by atoms with Gasteiger partial charge in [-0.1, -0.05) is 30.3 Å². The quantitative estimate of drug-likeness (QED) is 0.808. The highest BCUT2D eigenvalue weighted by Crippen LogP contribution is 2.37. The number of fused-ring (bicyclic) bond motifs is 1. The van der Waals surface area contributed by atoms with Crippen LogP contribution in [0.1, 0.15) is 29.7 Å². The van der Waals surface area contributed by atoms with Gasteiger partial charge in [-0.3, -0.25) is 5.01 Å². The Hall–Kier alpha value is -2.49. The molecule has 0 saturated carbocycles. The van der Waals surface area contributed by atoms with Gasteiger partial charge in [-0.2, -0.15) is 5.10 Å². The maximum absolute atomic E-state index is 5.43. The third kappa shape index (κ3) is 3.16. The van der Waals surface area contributed by atoms with Crippen LogP contribution in [0.4, 0.5) is 0 Å². The minimum atomic E-state index is 0.207. The van der Waals surface area contributed by atoms with E-state index in [1.807, 2.05) is 24.4 Å². The molecule has 1 heterocycles. The lowest BCUT2D eigenvalue weighted by atomic mass is 9.94. The molecule has 1 atom stereocenters. The number of hydrogen-bond donors (Lipinski definition) is 0. The third-order valence-electron chi connectivity index (χ3n) is 4.31. The molecule has 0 saturated heterocycles. The number of methoxy groups -OCH3 is 2. The zero-order valence-corrected chi connectivity index (χ0v) is 13.8. The second-order valence-electron chi connectivity index (χ2n) is 5.65. The SMILES string of the molecule is COc1cc2c(cc1OC)[C@H](C)N(N=Cc1ccccc1)CC2. The van der Waals surface area contributed by atoms with E-state index in [0.717, 1.165) is 30.0 Å². The van der Waals surface area contributed by atoms with E-state index >= 15 is 0 Å². The van der Waals surface area contributed by atoms with E-state index in [9.17, 15) is 0 Å². The van der Waals surface area contributed by atoms with Gasteiger partial charge in [0.15, 0.2) is 11.5 Å². The average molecular weight is 310 g/mol. The number of hydrazone groups is 1. The van der Waals surface area contributed by atoms with Crippen molar-refractivity contribution in [2.75, 3.05) is 20.8 Å². The fraction of sp³-hybridized carbons (Fsp3) is 0.316. The van der Waals surface area contributed by atoms with Gasteiger partial charge in [0.2, 0.25) is 0 Å². The molecule has 0 N–H and O–H groups in total. The van der Waals surface area contributed by atoms with Crippen molar-refractivity contribution in [3.05, 3.63) is 59.2 Å². The Morgan fingerprint density at radius 3 is 2.48 bits per heavy atom. The number of rotatable bonds is 4. The summed E-state index contributed by atoms with van der Waals surface area (Å²) in [5, 5.41) is 6.79. The van der Waals surface area contributed by atoms with E-state index in [4.69, 9.17) is 9.47 Å². The van der Waals surface area contributed by atoms with Crippen molar-refractivity contribution in [3.63, 3.8) is 0 Å². The normalized spacial score (nSPS) is 17.2. The fourth-order valence-corrected chi connectivity index (χ4v) is 2.97. The summed E-state index contributed by atoms with van der Waals surface area (Å²) in [6.45, 7) is 3.07. The topological polar surface area (TPSA) is 34.1 Å². The van der Waals surface area contributed by atoms with Crippen LogP contribution in [0.25, 0.3) is 0 Å². The van der Waals surface area contributed by atoms with E-state index in [1.165, 1.54) is 11.1 Å². The molecule has 23 heavy (non-hydrogen) atoms. The van der Waals surface area contributed by atoms with E-state index in [1.54, 1.807) is 14.2 Å². The summed E-state index contributed by atoms with van der Waals surface area (Å²) in [4.78, 5) is 0. The molecule has 0 amide bonds. The number of nitrogens with zero attached hydrogens (tertiary/aromatic N) is 2. The zero-order chi connectivity index (χ0) is 16.2. The summed E-state index contributed by atoms with van der Waals surface area (Å²) < 4.78 is 10.8. The van der Waals surface area contributed by atoms with E-state index in [-0.39, 0.29) is 6.04 Å². The van der Waals surface area contributed by atoms with Crippen molar-refractivity contribution < 1.29 is 9.47 Å². The Bertz CT molecular complexity index is 698. The van der Waals surface area contributed by atoms with Crippen molar-refractivity contribution >= 4 is 6.21 Å². The van der Waals surface area contributed by atoms with Crippen LogP contribution in [0, 0.1) is 0 Å². The lowest BCUT2D eigenvalue weighted by Crippen LogP contribution is -2.30. The zero-order valence-electron chi connectivity index (χ0n) is 13.8. The number of benzene rings is 2. The van der Waals surface area contributed by atoms with Gasteiger partial charge < -0.3 is 9.47 Å². The number of ether oxygens (including phenoxy) is 2. The van der Waals surface area contributed by atoms with Gasteiger partial charge in [0, 0.05) is 6.54 Å². The van der Waals surface area contributed by atoms with Gasteiger partial charge in [0.1, 0.15) is 0 Å². The molecule has 1 aliphatic heterocycles. The first-order valence-electron chi connectivity index (χ1n) is 7.83. The standard InChI is InChI=1S/C19H22N2O2/c1-14-17-12-19(23-3)18(22-2)11-16(17)9-10-21(14)20-13-15-7-5-4-6-8-15/h4-8,11-14H,9-10H2,1-3H3/t14-/m0/s1. The summed E-state index contributed by atoms with van der Waals surface area (Å²) >= 11 is 0. The van der Waals surface area contributed by atoms with Crippen molar-refractivity contribution in [3.8, 4) is 11.5 Å².